The van der Waals surface area contributed by atoms with Gasteiger partial charge in [-0.1, -0.05) is 6.07 Å². The van der Waals surface area contributed by atoms with Crippen LogP contribution in [0.4, 0.5) is 17.5 Å². The first-order chi connectivity index (χ1) is 14.6. The van der Waals surface area contributed by atoms with Crippen LogP contribution in [-0.2, 0) is 10.0 Å². The summed E-state index contributed by atoms with van der Waals surface area (Å²) in [5, 5.41) is 19.6. The van der Waals surface area contributed by atoms with Crippen LogP contribution < -0.4 is 20.7 Å². The Kier molecular flexibility index (Phi) is 6.23. The van der Waals surface area contributed by atoms with E-state index in [4.69, 9.17) is 10.5 Å². The van der Waals surface area contributed by atoms with Crippen molar-refractivity contribution in [3.63, 3.8) is 0 Å². The number of hydrogen-bond donors (Lipinski definition) is 4. The fourth-order valence-corrected chi connectivity index (χ4v) is 3.85. The molecule has 0 unspecified atom stereocenters. The first-order valence-electron chi connectivity index (χ1n) is 9.44. The third-order valence-corrected chi connectivity index (χ3v) is 5.96. The smallest absolute Gasteiger partial charge is 0.238 e. The van der Waals surface area contributed by atoms with Crippen LogP contribution in [-0.4, -0.2) is 38.2 Å². The zero-order chi connectivity index (χ0) is 22.8. The molecule has 5 N–H and O–H groups in total. The van der Waals surface area contributed by atoms with Gasteiger partial charge in [-0.05, 0) is 55.8 Å². The van der Waals surface area contributed by atoms with E-state index < -0.39 is 10.0 Å². The molecule has 0 saturated heterocycles. The number of anilines is 3. The van der Waals surface area contributed by atoms with Crippen molar-refractivity contribution in [1.29, 1.82) is 5.41 Å². The highest BCUT2D eigenvalue weighted by Gasteiger charge is 2.16. The molecule has 9 nitrogen and oxygen atoms in total. The summed E-state index contributed by atoms with van der Waals surface area (Å²) in [7, 11) is -0.164. The number of sulfonamides is 1. The molecular formula is C21H25N7O2S. The van der Waals surface area contributed by atoms with E-state index in [9.17, 15) is 8.42 Å². The predicted molar refractivity (Wildman–Crippen MR) is 123 cm³/mol. The normalized spacial score (nSPS) is 15.4. The minimum absolute atomic E-state index is 0.0440. The van der Waals surface area contributed by atoms with Gasteiger partial charge in [0.15, 0.2) is 0 Å². The highest BCUT2D eigenvalue weighted by Crippen LogP contribution is 2.24. The molecule has 10 heteroatoms. The van der Waals surface area contributed by atoms with E-state index in [0.717, 1.165) is 17.0 Å². The number of nitrogens with zero attached hydrogens (tertiary/aromatic N) is 3. The van der Waals surface area contributed by atoms with Gasteiger partial charge in [0, 0.05) is 42.9 Å². The molecular weight excluding hydrogens is 414 g/mol. The fraction of sp³-hybridized carbons (Fsp3) is 0.190. The zero-order valence-electron chi connectivity index (χ0n) is 17.8. The van der Waals surface area contributed by atoms with Crippen molar-refractivity contribution in [1.82, 2.24) is 15.3 Å². The fourth-order valence-electron chi connectivity index (χ4n) is 3.04. The van der Waals surface area contributed by atoms with Crippen molar-refractivity contribution >= 4 is 33.2 Å². The third kappa shape index (κ3) is 4.98. The molecule has 162 valence electrons. The Hall–Kier alpha value is -3.50. The van der Waals surface area contributed by atoms with E-state index in [1.165, 1.54) is 6.07 Å². The van der Waals surface area contributed by atoms with Crippen LogP contribution in [0, 0.1) is 12.3 Å². The van der Waals surface area contributed by atoms with Gasteiger partial charge in [-0.25, -0.2) is 18.5 Å². The van der Waals surface area contributed by atoms with Gasteiger partial charge in [0.2, 0.25) is 16.0 Å². The number of allylic oxidation sites excluding steroid dienone is 5. The molecule has 2 aromatic rings. The lowest BCUT2D eigenvalue weighted by Gasteiger charge is -2.23. The van der Waals surface area contributed by atoms with Crippen LogP contribution in [0.2, 0.25) is 0 Å². The molecule has 3 rings (SSSR count). The van der Waals surface area contributed by atoms with Crippen molar-refractivity contribution in [2.45, 2.75) is 18.7 Å². The third-order valence-electron chi connectivity index (χ3n) is 4.90. The summed E-state index contributed by atoms with van der Waals surface area (Å²) in [6.45, 7) is 3.60. The van der Waals surface area contributed by atoms with Gasteiger partial charge in [0.1, 0.15) is 5.82 Å². The summed E-state index contributed by atoms with van der Waals surface area (Å²) in [5.41, 5.74) is 4.01. The van der Waals surface area contributed by atoms with Crippen LogP contribution >= 0.6 is 0 Å². The Bertz CT molecular complexity index is 1230. The number of likely N-dealkylation sites (N-methyl/N-ethyl adjacent to an activating group) is 1. The van der Waals surface area contributed by atoms with Gasteiger partial charge >= 0.3 is 0 Å². The topological polar surface area (TPSA) is 137 Å². The SMILES string of the molecule is CN/C(C)=C1/C=CC(N(C)c2ccnc(Nc3ccc(C)c(S(N)(=O)=O)c3)n2)=CC1=N. The lowest BCUT2D eigenvalue weighted by Crippen LogP contribution is -2.21. The van der Waals surface area contributed by atoms with Crippen LogP contribution in [0.25, 0.3) is 0 Å². The first-order valence-corrected chi connectivity index (χ1v) is 11.0. The Morgan fingerprint density at radius 1 is 1.23 bits per heavy atom. The van der Waals surface area contributed by atoms with Crippen LogP contribution in [0.5, 0.6) is 0 Å². The summed E-state index contributed by atoms with van der Waals surface area (Å²) >= 11 is 0. The molecule has 31 heavy (non-hydrogen) atoms. The number of hydrogen-bond acceptors (Lipinski definition) is 8. The number of benzene rings is 1. The number of rotatable bonds is 6. The summed E-state index contributed by atoms with van der Waals surface area (Å²) in [4.78, 5) is 10.6. The molecule has 0 atom stereocenters. The van der Waals surface area contributed by atoms with Gasteiger partial charge < -0.3 is 20.9 Å². The van der Waals surface area contributed by atoms with Gasteiger partial charge in [0.05, 0.1) is 10.6 Å². The minimum Gasteiger partial charge on any atom is -0.391 e. The Labute approximate surface area is 182 Å². The maximum atomic E-state index is 11.8. The molecule has 0 saturated carbocycles. The van der Waals surface area contributed by atoms with Gasteiger partial charge in [-0.3, -0.25) is 0 Å². The summed E-state index contributed by atoms with van der Waals surface area (Å²) in [5.74, 6) is 0.911. The maximum absolute atomic E-state index is 11.8. The van der Waals surface area contributed by atoms with E-state index in [1.807, 2.05) is 38.1 Å². The number of nitrogens with two attached hydrogens (primary N) is 1. The van der Waals surface area contributed by atoms with E-state index in [1.54, 1.807) is 37.4 Å². The summed E-state index contributed by atoms with van der Waals surface area (Å²) in [6.07, 6.45) is 7.18. The number of aromatic nitrogens is 2. The van der Waals surface area contributed by atoms with Crippen molar-refractivity contribution in [3.8, 4) is 0 Å². The molecule has 1 aromatic heterocycles. The zero-order valence-corrected chi connectivity index (χ0v) is 18.6. The van der Waals surface area contributed by atoms with Crippen molar-refractivity contribution in [2.24, 2.45) is 5.14 Å². The average Bonchev–Trinajstić information content (AvgIpc) is 2.73. The standard InChI is InChI=1S/C21H25N7O2S/c1-13-5-6-15(11-19(13)31(23,29)30)26-21-25-10-9-20(27-21)28(4)16-7-8-17(14(2)24-3)18(22)12-16/h5-12,22,24H,1-4H3,(H2,23,29,30)(H,25,26,27)/b17-14-,22-18?. The minimum atomic E-state index is -3.83. The van der Waals surface area contributed by atoms with Gasteiger partial charge in [-0.15, -0.1) is 0 Å². The lowest BCUT2D eigenvalue weighted by molar-refractivity contribution is 0.597. The monoisotopic (exact) mass is 439 g/mol. The van der Waals surface area contributed by atoms with Crippen LogP contribution in [0.15, 0.2) is 70.6 Å². The Morgan fingerprint density at radius 3 is 2.61 bits per heavy atom. The number of aryl methyl sites for hydroxylation is 1. The molecule has 0 bridgehead atoms. The molecule has 1 aliphatic rings. The molecule has 0 aliphatic heterocycles. The highest BCUT2D eigenvalue weighted by molar-refractivity contribution is 7.89. The second-order valence-corrected chi connectivity index (χ2v) is 8.58. The number of primary sulfonamides is 1. The highest BCUT2D eigenvalue weighted by atomic mass is 32.2. The molecule has 0 fully saturated rings. The molecule has 0 radical (unpaired) electrons. The predicted octanol–water partition coefficient (Wildman–Crippen LogP) is 2.58. The molecule has 0 amide bonds. The van der Waals surface area contributed by atoms with Crippen LogP contribution in [0.3, 0.4) is 0 Å². The second kappa shape index (κ2) is 8.70. The quantitative estimate of drug-likeness (QED) is 0.543. The Balaban J connectivity index is 1.85. The molecule has 1 aromatic carbocycles. The molecule has 0 spiro atoms. The van der Waals surface area contributed by atoms with Gasteiger partial charge in [0.25, 0.3) is 0 Å². The number of nitrogens with one attached hydrogen (secondary N) is 3. The largest absolute Gasteiger partial charge is 0.391 e. The Morgan fingerprint density at radius 2 is 1.97 bits per heavy atom. The van der Waals surface area contributed by atoms with E-state index in [0.29, 0.717) is 28.7 Å². The van der Waals surface area contributed by atoms with Crippen molar-refractivity contribution < 1.29 is 8.42 Å². The summed E-state index contributed by atoms with van der Waals surface area (Å²) < 4.78 is 23.5. The molecule has 1 aliphatic carbocycles. The van der Waals surface area contributed by atoms with Gasteiger partial charge in [-0.2, -0.15) is 4.98 Å². The van der Waals surface area contributed by atoms with Crippen molar-refractivity contribution in [3.05, 3.63) is 71.2 Å². The average molecular weight is 440 g/mol. The van der Waals surface area contributed by atoms with Crippen LogP contribution in [0.1, 0.15) is 12.5 Å². The van der Waals surface area contributed by atoms with E-state index >= 15 is 0 Å². The molecule has 1 heterocycles. The maximum Gasteiger partial charge on any atom is 0.238 e. The first kappa shape index (κ1) is 22.2. The van der Waals surface area contributed by atoms with Crippen molar-refractivity contribution in [2.75, 3.05) is 24.3 Å². The lowest BCUT2D eigenvalue weighted by atomic mass is 10.0. The second-order valence-electron chi connectivity index (χ2n) is 7.05. The van der Waals surface area contributed by atoms with E-state index in [-0.39, 0.29) is 4.90 Å². The van der Waals surface area contributed by atoms with E-state index in [2.05, 4.69) is 20.6 Å². The summed E-state index contributed by atoms with van der Waals surface area (Å²) in [6, 6.07) is 6.60.